The van der Waals surface area contributed by atoms with E-state index in [0.29, 0.717) is 0 Å². The maximum Gasteiger partial charge on any atom is 0.109 e. The van der Waals surface area contributed by atoms with Crippen molar-refractivity contribution in [3.63, 3.8) is 0 Å². The summed E-state index contributed by atoms with van der Waals surface area (Å²) >= 11 is 5.97. The van der Waals surface area contributed by atoms with Crippen LogP contribution in [-0.2, 0) is 6.42 Å². The lowest BCUT2D eigenvalue weighted by Crippen LogP contribution is -2.35. The van der Waals surface area contributed by atoms with Gasteiger partial charge < -0.3 is 4.90 Å². The zero-order chi connectivity index (χ0) is 11.0. The molecule has 1 aromatic rings. The Labute approximate surface area is 101 Å². The molecule has 0 amide bonds. The van der Waals surface area contributed by atoms with Gasteiger partial charge in [0.15, 0.2) is 0 Å². The van der Waals surface area contributed by atoms with E-state index >= 15 is 0 Å². The van der Waals surface area contributed by atoms with E-state index in [1.807, 2.05) is 12.1 Å². The zero-order valence-corrected chi connectivity index (χ0v) is 10.0. The van der Waals surface area contributed by atoms with Gasteiger partial charge in [0, 0.05) is 24.5 Å². The summed E-state index contributed by atoms with van der Waals surface area (Å²) in [5.41, 5.74) is 2.37. The van der Waals surface area contributed by atoms with Crippen LogP contribution in [-0.4, -0.2) is 23.8 Å². The third-order valence-electron chi connectivity index (χ3n) is 3.37. The summed E-state index contributed by atoms with van der Waals surface area (Å²) in [5.74, 6) is 1.23. The summed E-state index contributed by atoms with van der Waals surface area (Å²) in [6.07, 6.45) is 4.95. The number of amidine groups is 1. The van der Waals surface area contributed by atoms with Gasteiger partial charge in [-0.3, -0.25) is 0 Å². The largest absolute Gasteiger partial charge is 0.360 e. The molecule has 2 nitrogen and oxygen atoms in total. The number of fused-ring (bicyclic) bond motifs is 1. The Hall–Kier alpha value is -1.02. The van der Waals surface area contributed by atoms with Gasteiger partial charge in [0.1, 0.15) is 5.84 Å². The molecular formula is C13H15ClN2. The topological polar surface area (TPSA) is 15.6 Å². The molecule has 1 saturated heterocycles. The van der Waals surface area contributed by atoms with Crippen molar-refractivity contribution in [3.05, 3.63) is 28.8 Å². The minimum atomic E-state index is 0.780. The van der Waals surface area contributed by atoms with E-state index in [9.17, 15) is 0 Å². The van der Waals surface area contributed by atoms with Crippen LogP contribution in [0.15, 0.2) is 23.2 Å². The number of hydrogen-bond acceptors (Lipinski definition) is 2. The molecule has 0 radical (unpaired) electrons. The fraction of sp³-hybridized carbons (Fsp3) is 0.462. The average molecular weight is 235 g/mol. The summed E-state index contributed by atoms with van der Waals surface area (Å²) < 4.78 is 0. The fourth-order valence-electron chi connectivity index (χ4n) is 2.47. The number of likely N-dealkylation sites (tertiary alicyclic amines) is 1. The van der Waals surface area contributed by atoms with E-state index < -0.39 is 0 Å². The van der Waals surface area contributed by atoms with Crippen molar-refractivity contribution < 1.29 is 0 Å². The van der Waals surface area contributed by atoms with Crippen molar-refractivity contribution in [2.24, 2.45) is 4.99 Å². The van der Waals surface area contributed by atoms with Crippen LogP contribution in [0.3, 0.4) is 0 Å². The molecule has 0 atom stereocenters. The summed E-state index contributed by atoms with van der Waals surface area (Å²) in [6.45, 7) is 2.33. The summed E-state index contributed by atoms with van der Waals surface area (Å²) in [5, 5.41) is 0.780. The molecule has 0 aliphatic carbocycles. The Bertz CT molecular complexity index is 434. The molecule has 2 aliphatic rings. The number of piperidine rings is 1. The van der Waals surface area contributed by atoms with E-state index in [-0.39, 0.29) is 0 Å². The molecule has 0 unspecified atom stereocenters. The molecule has 0 spiro atoms. The fourth-order valence-corrected chi connectivity index (χ4v) is 2.64. The lowest BCUT2D eigenvalue weighted by Gasteiger charge is -2.28. The van der Waals surface area contributed by atoms with Crippen molar-refractivity contribution in [1.29, 1.82) is 0 Å². The molecule has 2 heterocycles. The zero-order valence-electron chi connectivity index (χ0n) is 9.25. The first-order valence-electron chi connectivity index (χ1n) is 5.94. The highest BCUT2D eigenvalue weighted by molar-refractivity contribution is 6.30. The molecule has 1 fully saturated rings. The summed E-state index contributed by atoms with van der Waals surface area (Å²) in [7, 11) is 0. The van der Waals surface area contributed by atoms with Crippen LogP contribution in [0.1, 0.15) is 24.8 Å². The monoisotopic (exact) mass is 234 g/mol. The number of benzene rings is 1. The van der Waals surface area contributed by atoms with E-state index in [0.717, 1.165) is 17.1 Å². The van der Waals surface area contributed by atoms with Gasteiger partial charge in [0.2, 0.25) is 0 Å². The molecule has 84 valence electrons. The normalized spacial score (nSPS) is 19.6. The maximum atomic E-state index is 5.97. The number of nitrogens with zero attached hydrogens (tertiary/aromatic N) is 2. The molecule has 0 saturated carbocycles. The van der Waals surface area contributed by atoms with Gasteiger partial charge in [-0.15, -0.1) is 0 Å². The van der Waals surface area contributed by atoms with E-state index in [1.54, 1.807) is 0 Å². The number of hydrogen-bond donors (Lipinski definition) is 0. The Morgan fingerprint density at radius 3 is 2.75 bits per heavy atom. The SMILES string of the molecule is Clc1ccc2c(c1)N=C(N1CCCCC1)C2. The first kappa shape index (κ1) is 10.2. The molecule has 16 heavy (non-hydrogen) atoms. The minimum absolute atomic E-state index is 0.780. The van der Waals surface area contributed by atoms with Gasteiger partial charge in [-0.05, 0) is 37.0 Å². The molecule has 1 aromatic carbocycles. The number of aliphatic imine (C=N–C) groups is 1. The maximum absolute atomic E-state index is 5.97. The van der Waals surface area contributed by atoms with Gasteiger partial charge in [0.05, 0.1) is 5.69 Å². The molecule has 0 aromatic heterocycles. The number of halogens is 1. The third kappa shape index (κ3) is 1.82. The second-order valence-corrected chi connectivity index (χ2v) is 4.96. The Kier molecular flexibility index (Phi) is 2.60. The standard InChI is InChI=1S/C13H15ClN2/c14-11-5-4-10-8-13(15-12(10)9-11)16-6-2-1-3-7-16/h4-5,9H,1-3,6-8H2. The lowest BCUT2D eigenvalue weighted by molar-refractivity contribution is 0.339. The highest BCUT2D eigenvalue weighted by Crippen LogP contribution is 2.31. The van der Waals surface area contributed by atoms with Crippen LogP contribution in [0.2, 0.25) is 5.02 Å². The van der Waals surface area contributed by atoms with Crippen molar-refractivity contribution in [2.75, 3.05) is 13.1 Å². The Balaban J connectivity index is 1.83. The van der Waals surface area contributed by atoms with Crippen molar-refractivity contribution >= 4 is 23.1 Å². The van der Waals surface area contributed by atoms with Crippen molar-refractivity contribution in [2.45, 2.75) is 25.7 Å². The van der Waals surface area contributed by atoms with Crippen LogP contribution in [0.5, 0.6) is 0 Å². The van der Waals surface area contributed by atoms with E-state index in [1.165, 1.54) is 43.8 Å². The lowest BCUT2D eigenvalue weighted by atomic mass is 10.1. The van der Waals surface area contributed by atoms with Gasteiger partial charge in [-0.2, -0.15) is 0 Å². The van der Waals surface area contributed by atoms with Crippen LogP contribution in [0, 0.1) is 0 Å². The van der Waals surface area contributed by atoms with Crippen LogP contribution in [0.25, 0.3) is 0 Å². The quantitative estimate of drug-likeness (QED) is 0.672. The third-order valence-corrected chi connectivity index (χ3v) is 3.60. The molecule has 3 rings (SSSR count). The number of rotatable bonds is 0. The highest BCUT2D eigenvalue weighted by atomic mass is 35.5. The van der Waals surface area contributed by atoms with Crippen LogP contribution >= 0.6 is 11.6 Å². The van der Waals surface area contributed by atoms with E-state index in [2.05, 4.69) is 11.0 Å². The first-order chi connectivity index (χ1) is 7.83. The molecule has 0 bridgehead atoms. The van der Waals surface area contributed by atoms with Gasteiger partial charge in [-0.25, -0.2) is 4.99 Å². The Morgan fingerprint density at radius 2 is 1.94 bits per heavy atom. The summed E-state index contributed by atoms with van der Waals surface area (Å²) in [6, 6.07) is 6.01. The van der Waals surface area contributed by atoms with Gasteiger partial charge >= 0.3 is 0 Å². The van der Waals surface area contributed by atoms with Crippen LogP contribution in [0.4, 0.5) is 5.69 Å². The first-order valence-corrected chi connectivity index (χ1v) is 6.32. The van der Waals surface area contributed by atoms with Crippen molar-refractivity contribution in [1.82, 2.24) is 4.90 Å². The highest BCUT2D eigenvalue weighted by Gasteiger charge is 2.21. The van der Waals surface area contributed by atoms with Gasteiger partial charge in [-0.1, -0.05) is 17.7 Å². The predicted octanol–water partition coefficient (Wildman–Crippen LogP) is 3.41. The second kappa shape index (κ2) is 4.10. The smallest absolute Gasteiger partial charge is 0.109 e. The molecule has 2 aliphatic heterocycles. The average Bonchev–Trinajstić information content (AvgIpc) is 2.73. The molecule has 3 heteroatoms. The second-order valence-electron chi connectivity index (χ2n) is 4.53. The van der Waals surface area contributed by atoms with Gasteiger partial charge in [0.25, 0.3) is 0 Å². The van der Waals surface area contributed by atoms with Crippen LogP contribution < -0.4 is 0 Å². The minimum Gasteiger partial charge on any atom is -0.360 e. The summed E-state index contributed by atoms with van der Waals surface area (Å²) in [4.78, 5) is 7.12. The van der Waals surface area contributed by atoms with Crippen molar-refractivity contribution in [3.8, 4) is 0 Å². The predicted molar refractivity (Wildman–Crippen MR) is 67.7 cm³/mol. The van der Waals surface area contributed by atoms with E-state index in [4.69, 9.17) is 16.6 Å². The molecule has 0 N–H and O–H groups in total. The molecular weight excluding hydrogens is 220 g/mol. The Morgan fingerprint density at radius 1 is 1.12 bits per heavy atom.